The molecule has 37 heavy (non-hydrogen) atoms. The first kappa shape index (κ1) is 27.8. The molecular formula is C23H25F4N5O5. The predicted octanol–water partition coefficient (Wildman–Crippen LogP) is 2.90. The van der Waals surface area contributed by atoms with E-state index in [9.17, 15) is 27.2 Å². The number of primary amides is 1. The van der Waals surface area contributed by atoms with Crippen LogP contribution in [0.3, 0.4) is 0 Å². The van der Waals surface area contributed by atoms with E-state index >= 15 is 0 Å². The number of likely N-dealkylation sites (tertiary alicyclic amines) is 1. The summed E-state index contributed by atoms with van der Waals surface area (Å²) >= 11 is 0. The van der Waals surface area contributed by atoms with Gasteiger partial charge in [0.2, 0.25) is 0 Å². The Hall–Kier alpha value is -3.78. The maximum atomic E-state index is 14.0. The van der Waals surface area contributed by atoms with Crippen LogP contribution in [0.4, 0.5) is 22.4 Å². The molecule has 1 fully saturated rings. The molecule has 3 aromatic rings. The Bertz CT molecular complexity index is 1260. The Morgan fingerprint density at radius 3 is 2.59 bits per heavy atom. The highest BCUT2D eigenvalue weighted by molar-refractivity contribution is 5.94. The standard InChI is InChI=1S/C14H8F4N4O.C9H17NO4/c15-9-3-8(14(16,17)18)6-21-13(9)22-2-1-7-5-20-10(12(19)23)4-11(7)22;1-7(11)6-14-8-3-4-10(5-8)9(12)13-2/h1-6H,(H2,19,23);7-8,11H,3-6H2,1-2H3. The van der Waals surface area contributed by atoms with Crippen LogP contribution in [0.1, 0.15) is 29.4 Å². The Kier molecular flexibility index (Phi) is 8.65. The topological polar surface area (TPSA) is 133 Å². The van der Waals surface area contributed by atoms with E-state index in [1.54, 1.807) is 17.9 Å². The molecule has 14 heteroatoms. The fraction of sp³-hybridized carbons (Fsp3) is 0.391. The van der Waals surface area contributed by atoms with Crippen LogP contribution in [0.25, 0.3) is 16.7 Å². The number of aliphatic hydroxyl groups excluding tert-OH is 1. The summed E-state index contributed by atoms with van der Waals surface area (Å²) in [6.07, 6.45) is -1.31. The maximum Gasteiger partial charge on any atom is 0.417 e. The number of aromatic nitrogens is 3. The van der Waals surface area contributed by atoms with Gasteiger partial charge in [-0.1, -0.05) is 0 Å². The summed E-state index contributed by atoms with van der Waals surface area (Å²) in [6, 6.07) is 3.24. The van der Waals surface area contributed by atoms with Gasteiger partial charge in [0.1, 0.15) is 5.69 Å². The SMILES string of the molecule is COC(=O)N1CCC(OCC(C)O)C1.NC(=O)c1cc2c(ccn2-c2ncc(C(F)(F)F)cc2F)cn1. The number of nitrogens with zero attached hydrogens (tertiary/aromatic N) is 4. The molecule has 3 N–H and O–H groups in total. The van der Waals surface area contributed by atoms with Crippen molar-refractivity contribution in [2.75, 3.05) is 26.8 Å². The maximum absolute atomic E-state index is 14.0. The third kappa shape index (κ3) is 6.92. The second-order valence-corrected chi connectivity index (χ2v) is 8.21. The second-order valence-electron chi connectivity index (χ2n) is 8.21. The first-order chi connectivity index (χ1) is 17.4. The van der Waals surface area contributed by atoms with Gasteiger partial charge in [0, 0.05) is 30.5 Å². The molecular weight excluding hydrogens is 502 g/mol. The lowest BCUT2D eigenvalue weighted by Crippen LogP contribution is -2.30. The molecule has 10 nitrogen and oxygen atoms in total. The summed E-state index contributed by atoms with van der Waals surface area (Å²) in [7, 11) is 1.37. The van der Waals surface area contributed by atoms with Gasteiger partial charge in [-0.15, -0.1) is 0 Å². The van der Waals surface area contributed by atoms with Gasteiger partial charge in [-0.2, -0.15) is 13.2 Å². The van der Waals surface area contributed by atoms with Crippen molar-refractivity contribution in [3.05, 3.63) is 53.9 Å². The molecule has 1 aliphatic rings. The van der Waals surface area contributed by atoms with Gasteiger partial charge in [0.25, 0.3) is 5.91 Å². The Morgan fingerprint density at radius 1 is 1.27 bits per heavy atom. The normalized spacial score (nSPS) is 16.3. The monoisotopic (exact) mass is 527 g/mol. The molecule has 2 atom stereocenters. The van der Waals surface area contributed by atoms with E-state index in [-0.39, 0.29) is 23.7 Å². The second kappa shape index (κ2) is 11.5. The molecule has 1 saturated heterocycles. The van der Waals surface area contributed by atoms with Crippen LogP contribution >= 0.6 is 0 Å². The van der Waals surface area contributed by atoms with E-state index in [0.717, 1.165) is 6.42 Å². The number of halogens is 4. The highest BCUT2D eigenvalue weighted by Crippen LogP contribution is 2.30. The first-order valence-electron chi connectivity index (χ1n) is 11.0. The zero-order valence-corrected chi connectivity index (χ0v) is 19.9. The summed E-state index contributed by atoms with van der Waals surface area (Å²) < 4.78 is 62.9. The van der Waals surface area contributed by atoms with E-state index in [2.05, 4.69) is 14.7 Å². The molecule has 0 aliphatic carbocycles. The van der Waals surface area contributed by atoms with Crippen LogP contribution in [0.2, 0.25) is 0 Å². The number of pyridine rings is 2. The van der Waals surface area contributed by atoms with E-state index < -0.39 is 29.6 Å². The quantitative estimate of drug-likeness (QED) is 0.488. The summed E-state index contributed by atoms with van der Waals surface area (Å²) in [5.41, 5.74) is 4.25. The lowest BCUT2D eigenvalue weighted by molar-refractivity contribution is -0.138. The third-order valence-electron chi connectivity index (χ3n) is 5.36. The Balaban J connectivity index is 0.000000233. The minimum absolute atomic E-state index is 0.0312. The van der Waals surface area contributed by atoms with Crippen LogP contribution < -0.4 is 5.73 Å². The number of aliphatic hydroxyl groups is 1. The van der Waals surface area contributed by atoms with Gasteiger partial charge in [-0.3, -0.25) is 14.3 Å². The van der Waals surface area contributed by atoms with Gasteiger partial charge >= 0.3 is 12.3 Å². The minimum Gasteiger partial charge on any atom is -0.453 e. The Morgan fingerprint density at radius 2 is 2.00 bits per heavy atom. The van der Waals surface area contributed by atoms with E-state index in [1.165, 1.54) is 30.1 Å². The van der Waals surface area contributed by atoms with Crippen LogP contribution in [-0.4, -0.2) is 75.6 Å². The number of methoxy groups -OCH3 is 1. The van der Waals surface area contributed by atoms with Crippen LogP contribution in [-0.2, 0) is 15.7 Å². The third-order valence-corrected chi connectivity index (χ3v) is 5.36. The van der Waals surface area contributed by atoms with Gasteiger partial charge in [-0.05, 0) is 31.5 Å². The smallest absolute Gasteiger partial charge is 0.417 e. The summed E-state index contributed by atoms with van der Waals surface area (Å²) in [5, 5.41) is 9.56. The number of rotatable bonds is 5. The molecule has 2 unspecified atom stereocenters. The average molecular weight is 527 g/mol. The lowest BCUT2D eigenvalue weighted by Gasteiger charge is -2.15. The van der Waals surface area contributed by atoms with Gasteiger partial charge in [0.15, 0.2) is 11.6 Å². The number of carbonyl (C=O) groups is 2. The Labute approximate surface area is 208 Å². The van der Waals surface area contributed by atoms with Crippen molar-refractivity contribution in [2.45, 2.75) is 31.7 Å². The van der Waals surface area contributed by atoms with Crippen molar-refractivity contribution in [2.24, 2.45) is 5.73 Å². The molecule has 4 heterocycles. The molecule has 2 amide bonds. The molecule has 0 bridgehead atoms. The predicted molar refractivity (Wildman–Crippen MR) is 122 cm³/mol. The van der Waals surface area contributed by atoms with Crippen molar-refractivity contribution in [1.29, 1.82) is 0 Å². The summed E-state index contributed by atoms with van der Waals surface area (Å²) in [5.74, 6) is -2.25. The molecule has 0 aromatic carbocycles. The number of carbonyl (C=O) groups excluding carboxylic acids is 2. The lowest BCUT2D eigenvalue weighted by atomic mass is 10.2. The molecule has 0 spiro atoms. The molecule has 3 aromatic heterocycles. The number of hydrogen-bond acceptors (Lipinski definition) is 7. The van der Waals surface area contributed by atoms with Crippen molar-refractivity contribution >= 4 is 22.9 Å². The number of alkyl halides is 3. The van der Waals surface area contributed by atoms with Crippen LogP contribution in [0.15, 0.2) is 36.8 Å². The molecule has 0 radical (unpaired) electrons. The number of ether oxygens (including phenoxy) is 2. The number of nitrogens with two attached hydrogens (primary N) is 1. The zero-order chi connectivity index (χ0) is 27.3. The molecule has 4 rings (SSSR count). The highest BCUT2D eigenvalue weighted by atomic mass is 19.4. The van der Waals surface area contributed by atoms with Crippen molar-refractivity contribution in [1.82, 2.24) is 19.4 Å². The fourth-order valence-corrected chi connectivity index (χ4v) is 3.54. The van der Waals surface area contributed by atoms with Crippen LogP contribution in [0.5, 0.6) is 0 Å². The zero-order valence-electron chi connectivity index (χ0n) is 19.9. The number of hydrogen-bond donors (Lipinski definition) is 2. The van der Waals surface area contributed by atoms with E-state index in [0.29, 0.717) is 42.9 Å². The van der Waals surface area contributed by atoms with Gasteiger partial charge in [0.05, 0.1) is 43.5 Å². The fourth-order valence-electron chi connectivity index (χ4n) is 3.54. The van der Waals surface area contributed by atoms with Gasteiger partial charge < -0.3 is 25.2 Å². The molecule has 200 valence electrons. The van der Waals surface area contributed by atoms with Crippen molar-refractivity contribution in [3.8, 4) is 5.82 Å². The average Bonchev–Trinajstić information content (AvgIpc) is 3.49. The largest absolute Gasteiger partial charge is 0.453 e. The summed E-state index contributed by atoms with van der Waals surface area (Å²) in [4.78, 5) is 31.2. The van der Waals surface area contributed by atoms with Gasteiger partial charge in [-0.25, -0.2) is 14.2 Å². The summed E-state index contributed by atoms with van der Waals surface area (Å²) in [6.45, 7) is 3.21. The first-order valence-corrected chi connectivity index (χ1v) is 11.0. The van der Waals surface area contributed by atoms with Crippen molar-refractivity contribution in [3.63, 3.8) is 0 Å². The molecule has 0 saturated carbocycles. The minimum atomic E-state index is -4.69. The molecule has 1 aliphatic heterocycles. The number of fused-ring (bicyclic) bond motifs is 1. The number of amides is 2. The van der Waals surface area contributed by atoms with E-state index in [4.69, 9.17) is 15.6 Å². The van der Waals surface area contributed by atoms with Crippen LogP contribution in [0, 0.1) is 5.82 Å². The van der Waals surface area contributed by atoms with Crippen molar-refractivity contribution < 1.29 is 41.7 Å². The van der Waals surface area contributed by atoms with E-state index in [1.807, 2.05) is 0 Å². The highest BCUT2D eigenvalue weighted by Gasteiger charge is 2.32.